The first kappa shape index (κ1) is 25.7. The molecular weight excluding hydrogens is 450 g/mol. The van der Waals surface area contributed by atoms with Gasteiger partial charge in [-0.05, 0) is 49.5 Å². The molecule has 0 atom stereocenters. The van der Waals surface area contributed by atoms with E-state index in [1.807, 2.05) is 12.1 Å². The Labute approximate surface area is 199 Å². The van der Waals surface area contributed by atoms with Crippen molar-refractivity contribution >= 4 is 45.0 Å². The molecule has 7 nitrogen and oxygen atoms in total. The van der Waals surface area contributed by atoms with Crippen LogP contribution in [0.4, 0.5) is 5.13 Å². The van der Waals surface area contributed by atoms with Gasteiger partial charge in [0.25, 0.3) is 5.91 Å². The third-order valence-electron chi connectivity index (χ3n) is 5.25. The molecule has 32 heavy (non-hydrogen) atoms. The molecule has 2 aromatic carbocycles. The van der Waals surface area contributed by atoms with E-state index >= 15 is 0 Å². The number of carbonyl (C=O) groups is 1. The van der Waals surface area contributed by atoms with E-state index in [0.29, 0.717) is 40.0 Å². The molecule has 1 amide bonds. The minimum absolute atomic E-state index is 0. The Balaban J connectivity index is 0.00000363. The van der Waals surface area contributed by atoms with Crippen LogP contribution < -0.4 is 19.1 Å². The summed E-state index contributed by atoms with van der Waals surface area (Å²) in [7, 11) is 4.84. The van der Waals surface area contributed by atoms with E-state index in [-0.39, 0.29) is 18.3 Å². The summed E-state index contributed by atoms with van der Waals surface area (Å²) >= 11 is 1.43. The number of ether oxygens (including phenoxy) is 3. The summed E-state index contributed by atoms with van der Waals surface area (Å²) in [5.74, 6) is 1.96. The average molecular weight is 480 g/mol. The number of carbonyl (C=O) groups excluding carboxylic acids is 1. The van der Waals surface area contributed by atoms with Crippen molar-refractivity contribution in [3.63, 3.8) is 0 Å². The predicted octanol–water partition coefficient (Wildman–Crippen LogP) is 4.73. The molecule has 3 aromatic rings. The van der Waals surface area contributed by atoms with Crippen LogP contribution in [-0.4, -0.2) is 63.3 Å². The van der Waals surface area contributed by atoms with Crippen molar-refractivity contribution in [2.24, 2.45) is 0 Å². The monoisotopic (exact) mass is 479 g/mol. The van der Waals surface area contributed by atoms with E-state index in [1.54, 1.807) is 50.5 Å². The molecule has 1 heterocycles. The number of likely N-dealkylation sites (N-methyl/N-ethyl adjacent to an activating group) is 1. The number of hydrogen-bond donors (Lipinski definition) is 0. The third kappa shape index (κ3) is 5.43. The molecular formula is C23H30ClN3O4S. The van der Waals surface area contributed by atoms with Gasteiger partial charge in [0.1, 0.15) is 27.5 Å². The Hall–Kier alpha value is -2.55. The zero-order valence-electron chi connectivity index (χ0n) is 19.1. The number of anilines is 1. The van der Waals surface area contributed by atoms with Gasteiger partial charge in [0.15, 0.2) is 5.13 Å². The van der Waals surface area contributed by atoms with Gasteiger partial charge in [0, 0.05) is 18.7 Å². The van der Waals surface area contributed by atoms with E-state index in [2.05, 4.69) is 18.7 Å². The smallest absolute Gasteiger partial charge is 0.260 e. The van der Waals surface area contributed by atoms with Gasteiger partial charge in [0.2, 0.25) is 0 Å². The lowest BCUT2D eigenvalue weighted by Gasteiger charge is -2.24. The van der Waals surface area contributed by atoms with Gasteiger partial charge in [-0.1, -0.05) is 25.2 Å². The van der Waals surface area contributed by atoms with Crippen LogP contribution in [0.3, 0.4) is 0 Å². The molecule has 0 saturated carbocycles. The zero-order valence-corrected chi connectivity index (χ0v) is 20.7. The molecule has 0 saturated heterocycles. The second-order valence-corrected chi connectivity index (χ2v) is 7.83. The number of nitrogens with zero attached hydrogens (tertiary/aromatic N) is 3. The number of rotatable bonds is 10. The number of fused-ring (bicyclic) bond motifs is 1. The van der Waals surface area contributed by atoms with E-state index in [4.69, 9.17) is 19.2 Å². The zero-order chi connectivity index (χ0) is 22.4. The lowest BCUT2D eigenvalue weighted by atomic mass is 10.2. The number of hydrogen-bond acceptors (Lipinski definition) is 7. The molecule has 1 aromatic heterocycles. The van der Waals surface area contributed by atoms with Crippen LogP contribution in [0, 0.1) is 0 Å². The third-order valence-corrected chi connectivity index (χ3v) is 6.34. The fourth-order valence-electron chi connectivity index (χ4n) is 3.34. The van der Waals surface area contributed by atoms with Crippen molar-refractivity contribution in [2.75, 3.05) is 52.4 Å². The standard InChI is InChI=1S/C23H29N3O4S.ClH/c1-6-25(7-2)14-15-26(22(27)16-8-10-17(28-3)11-9-16)23-24-20-18(29-4)12-13-19(30-5)21(20)31-23;/h8-13H,6-7,14-15H2,1-5H3;1H. The summed E-state index contributed by atoms with van der Waals surface area (Å²) in [6.07, 6.45) is 0. The fraction of sp³-hybridized carbons (Fsp3) is 0.391. The maximum Gasteiger partial charge on any atom is 0.260 e. The van der Waals surface area contributed by atoms with Crippen LogP contribution in [0.2, 0.25) is 0 Å². The highest BCUT2D eigenvalue weighted by Gasteiger charge is 2.24. The number of benzene rings is 2. The number of amides is 1. The summed E-state index contributed by atoms with van der Waals surface area (Å²) in [5.41, 5.74) is 1.27. The van der Waals surface area contributed by atoms with Crippen molar-refractivity contribution in [1.82, 2.24) is 9.88 Å². The Morgan fingerprint density at radius 3 is 2.09 bits per heavy atom. The lowest BCUT2D eigenvalue weighted by molar-refractivity contribution is 0.0983. The van der Waals surface area contributed by atoms with Gasteiger partial charge in [0.05, 0.1) is 21.3 Å². The second kappa shape index (κ2) is 11.9. The Kier molecular flexibility index (Phi) is 9.56. The quantitative estimate of drug-likeness (QED) is 0.418. The lowest BCUT2D eigenvalue weighted by Crippen LogP contribution is -2.38. The van der Waals surface area contributed by atoms with Crippen LogP contribution >= 0.6 is 23.7 Å². The molecule has 0 bridgehead atoms. The van der Waals surface area contributed by atoms with Crippen LogP contribution in [0.25, 0.3) is 10.2 Å². The van der Waals surface area contributed by atoms with Crippen LogP contribution in [-0.2, 0) is 0 Å². The normalized spacial score (nSPS) is 10.7. The van der Waals surface area contributed by atoms with Crippen molar-refractivity contribution in [2.45, 2.75) is 13.8 Å². The molecule has 0 unspecified atom stereocenters. The Bertz CT molecular complexity index is 981. The molecule has 0 aliphatic rings. The van der Waals surface area contributed by atoms with Crippen molar-refractivity contribution in [1.29, 1.82) is 0 Å². The number of aromatic nitrogens is 1. The Morgan fingerprint density at radius 2 is 1.53 bits per heavy atom. The maximum absolute atomic E-state index is 13.5. The maximum atomic E-state index is 13.5. The van der Waals surface area contributed by atoms with Gasteiger partial charge >= 0.3 is 0 Å². The van der Waals surface area contributed by atoms with Gasteiger partial charge in [-0.25, -0.2) is 4.98 Å². The topological polar surface area (TPSA) is 64.1 Å². The van der Waals surface area contributed by atoms with Gasteiger partial charge in [-0.15, -0.1) is 12.4 Å². The average Bonchev–Trinajstić information content (AvgIpc) is 3.26. The first-order chi connectivity index (χ1) is 15.1. The number of halogens is 1. The molecule has 3 rings (SSSR count). The predicted molar refractivity (Wildman–Crippen MR) is 132 cm³/mol. The summed E-state index contributed by atoms with van der Waals surface area (Å²) < 4.78 is 17.1. The van der Waals surface area contributed by atoms with Crippen LogP contribution in [0.1, 0.15) is 24.2 Å². The second-order valence-electron chi connectivity index (χ2n) is 6.86. The fourth-order valence-corrected chi connectivity index (χ4v) is 4.44. The molecule has 9 heteroatoms. The van der Waals surface area contributed by atoms with Crippen LogP contribution in [0.15, 0.2) is 36.4 Å². The SMILES string of the molecule is CCN(CC)CCN(C(=O)c1ccc(OC)cc1)c1nc2c(OC)ccc(OC)c2s1.Cl. The summed E-state index contributed by atoms with van der Waals surface area (Å²) in [4.78, 5) is 22.3. The first-order valence-corrected chi connectivity index (χ1v) is 11.1. The largest absolute Gasteiger partial charge is 0.497 e. The molecule has 0 aliphatic heterocycles. The molecule has 0 spiro atoms. The van der Waals surface area contributed by atoms with Gasteiger partial charge in [-0.2, -0.15) is 0 Å². The van der Waals surface area contributed by atoms with Gasteiger partial charge < -0.3 is 19.1 Å². The number of methoxy groups -OCH3 is 3. The van der Waals surface area contributed by atoms with Gasteiger partial charge in [-0.3, -0.25) is 9.69 Å². The summed E-state index contributed by atoms with van der Waals surface area (Å²) in [5, 5.41) is 0.616. The minimum atomic E-state index is -0.105. The van der Waals surface area contributed by atoms with E-state index < -0.39 is 0 Å². The minimum Gasteiger partial charge on any atom is -0.497 e. The molecule has 0 aliphatic carbocycles. The Morgan fingerprint density at radius 1 is 0.906 bits per heavy atom. The van der Waals surface area contributed by atoms with E-state index in [1.165, 1.54) is 11.3 Å². The van der Waals surface area contributed by atoms with Crippen molar-refractivity contribution in [3.05, 3.63) is 42.0 Å². The van der Waals surface area contributed by atoms with Crippen LogP contribution in [0.5, 0.6) is 17.2 Å². The highest BCUT2D eigenvalue weighted by Crippen LogP contribution is 2.40. The van der Waals surface area contributed by atoms with E-state index in [0.717, 1.165) is 24.3 Å². The molecule has 0 radical (unpaired) electrons. The highest BCUT2D eigenvalue weighted by atomic mass is 35.5. The van der Waals surface area contributed by atoms with Crippen molar-refractivity contribution < 1.29 is 19.0 Å². The molecule has 0 fully saturated rings. The van der Waals surface area contributed by atoms with Crippen molar-refractivity contribution in [3.8, 4) is 17.2 Å². The first-order valence-electron chi connectivity index (χ1n) is 10.3. The molecule has 174 valence electrons. The summed E-state index contributed by atoms with van der Waals surface area (Å²) in [6, 6.07) is 10.8. The highest BCUT2D eigenvalue weighted by molar-refractivity contribution is 7.22. The number of thiazole rings is 1. The summed E-state index contributed by atoms with van der Waals surface area (Å²) in [6.45, 7) is 7.35. The van der Waals surface area contributed by atoms with E-state index in [9.17, 15) is 4.79 Å². The molecule has 0 N–H and O–H groups in total.